The van der Waals surface area contributed by atoms with Crippen LogP contribution in [-0.4, -0.2) is 18.4 Å². The fourth-order valence-corrected chi connectivity index (χ4v) is 3.97. The third kappa shape index (κ3) is 4.60. The van der Waals surface area contributed by atoms with Crippen LogP contribution in [0.15, 0.2) is 47.6 Å². The Morgan fingerprint density at radius 2 is 0.884 bits per heavy atom. The molecule has 0 bridgehead atoms. The number of halogens is 15. The molecule has 0 amide bonds. The van der Waals surface area contributed by atoms with Crippen molar-refractivity contribution in [1.82, 2.24) is 0 Å². The van der Waals surface area contributed by atoms with Crippen molar-refractivity contribution in [2.45, 2.75) is 11.5 Å². The van der Waals surface area contributed by atoms with Crippen molar-refractivity contribution in [3.63, 3.8) is 0 Å². The van der Waals surface area contributed by atoms with Gasteiger partial charge in [0, 0.05) is 0 Å². The molecule has 0 fully saturated rings. The smallest absolute Gasteiger partial charge is 0.521 e. The zero-order chi connectivity index (χ0) is 32.3. The number of phenolic OH excluding ortho intramolecular Hbond substituents is 1. The van der Waals surface area contributed by atoms with Gasteiger partial charge in [0.2, 0.25) is 58.2 Å². The average Bonchev–Trinajstić information content (AvgIpc) is 2.99. The van der Waals surface area contributed by atoms with Gasteiger partial charge in [0.15, 0.2) is 46.3 Å². The van der Waals surface area contributed by atoms with Gasteiger partial charge in [-0.2, -0.15) is 17.6 Å². The Labute approximate surface area is 228 Å². The number of hydrogen-bond donors (Lipinski definition) is 1. The SMILES string of the molecule is Oc1ccc(C2(B(Oc3c(F)c(F)c(F)c(F)c3F)Oc3c(F)c(F)c(F)c(F)c3F)C(F)=C(F)C(F)=C(F)C2F)cc1. The number of rotatable bonds is 6. The summed E-state index contributed by atoms with van der Waals surface area (Å²) in [7, 11) is -3.96. The van der Waals surface area contributed by atoms with Gasteiger partial charge in [-0.1, -0.05) is 12.1 Å². The summed E-state index contributed by atoms with van der Waals surface area (Å²) in [5.74, 6) is -46.8. The summed E-state index contributed by atoms with van der Waals surface area (Å²) < 4.78 is 224. The highest BCUT2D eigenvalue weighted by atomic mass is 19.2. The molecular weight excluding hydrogens is 632 g/mol. The number of benzene rings is 3. The first kappa shape index (κ1) is 31.5. The lowest BCUT2D eigenvalue weighted by molar-refractivity contribution is 0.186. The van der Waals surface area contributed by atoms with Gasteiger partial charge in [-0.15, -0.1) is 0 Å². The Kier molecular flexibility index (Phi) is 8.05. The summed E-state index contributed by atoms with van der Waals surface area (Å²) in [6.07, 6.45) is -4.11. The van der Waals surface area contributed by atoms with Gasteiger partial charge < -0.3 is 14.4 Å². The lowest BCUT2D eigenvalue weighted by Crippen LogP contribution is -2.59. The fraction of sp³-hybridized carbons (Fsp3) is 0.0833. The predicted molar refractivity (Wildman–Crippen MR) is 113 cm³/mol. The van der Waals surface area contributed by atoms with Crippen molar-refractivity contribution in [1.29, 1.82) is 0 Å². The third-order valence-electron chi connectivity index (χ3n) is 6.09. The minimum atomic E-state index is -4.34. The average molecular weight is 638 g/mol. The van der Waals surface area contributed by atoms with E-state index in [0.29, 0.717) is 24.3 Å². The predicted octanol–water partition coefficient (Wildman–Crippen LogP) is 7.86. The lowest BCUT2D eigenvalue weighted by atomic mass is 9.49. The van der Waals surface area contributed by atoms with Gasteiger partial charge in [-0.25, -0.2) is 48.3 Å². The van der Waals surface area contributed by atoms with E-state index in [-0.39, 0.29) is 0 Å². The van der Waals surface area contributed by atoms with Crippen LogP contribution in [0.4, 0.5) is 65.9 Å². The maximum atomic E-state index is 15.7. The molecule has 0 aromatic heterocycles. The van der Waals surface area contributed by atoms with Gasteiger partial charge in [-0.05, 0) is 17.7 Å². The van der Waals surface area contributed by atoms with E-state index in [1.807, 2.05) is 0 Å². The number of alkyl halides is 1. The standard InChI is InChI=1S/C24H6BF15O3/c26-7-9(28)14(33)20(15(34)10(7)29)42-25(43-21-16(35)11(30)8(27)12(31)17(21)36)24(5-1-3-6(41)4-2-5)22(39)18(37)13(32)19(38)23(24)40/h1-4,22,41H. The minimum Gasteiger partial charge on any atom is -0.521 e. The van der Waals surface area contributed by atoms with Crippen molar-refractivity contribution in [3.05, 3.63) is 111 Å². The molecule has 3 aromatic rings. The molecule has 0 saturated heterocycles. The monoisotopic (exact) mass is 638 g/mol. The van der Waals surface area contributed by atoms with E-state index in [1.54, 1.807) is 0 Å². The minimum absolute atomic E-state index is 0.322. The molecule has 0 heterocycles. The first-order chi connectivity index (χ1) is 20.0. The maximum absolute atomic E-state index is 15.7. The summed E-state index contributed by atoms with van der Waals surface area (Å²) >= 11 is 0. The quantitative estimate of drug-likeness (QED) is 0.129. The third-order valence-corrected chi connectivity index (χ3v) is 6.09. The molecule has 2 atom stereocenters. The van der Waals surface area contributed by atoms with Crippen LogP contribution in [0.1, 0.15) is 5.56 Å². The van der Waals surface area contributed by atoms with Crippen molar-refractivity contribution >= 4 is 7.12 Å². The van der Waals surface area contributed by atoms with Gasteiger partial charge in [-0.3, -0.25) is 0 Å². The number of hydrogen-bond acceptors (Lipinski definition) is 3. The van der Waals surface area contributed by atoms with Crippen LogP contribution in [0, 0.1) is 58.2 Å². The molecule has 0 radical (unpaired) electrons. The highest BCUT2D eigenvalue weighted by Crippen LogP contribution is 2.52. The zero-order valence-corrected chi connectivity index (χ0v) is 19.9. The van der Waals surface area contributed by atoms with E-state index >= 15 is 8.78 Å². The van der Waals surface area contributed by atoms with E-state index in [2.05, 4.69) is 9.31 Å². The molecule has 43 heavy (non-hydrogen) atoms. The van der Waals surface area contributed by atoms with Crippen LogP contribution in [0.5, 0.6) is 17.2 Å². The molecule has 0 aliphatic heterocycles. The molecule has 1 N–H and O–H groups in total. The first-order valence-corrected chi connectivity index (χ1v) is 10.9. The van der Waals surface area contributed by atoms with Gasteiger partial charge >= 0.3 is 7.12 Å². The Morgan fingerprint density at radius 3 is 1.26 bits per heavy atom. The van der Waals surface area contributed by atoms with Crippen LogP contribution in [0.25, 0.3) is 0 Å². The highest BCUT2D eigenvalue weighted by Gasteiger charge is 2.67. The lowest BCUT2D eigenvalue weighted by Gasteiger charge is -2.39. The summed E-state index contributed by atoms with van der Waals surface area (Å²) in [4.78, 5) is 0. The van der Waals surface area contributed by atoms with Crippen LogP contribution >= 0.6 is 0 Å². The number of allylic oxidation sites excluding steroid dienone is 4. The Hall–Kier alpha value is -4.45. The van der Waals surface area contributed by atoms with Crippen LogP contribution < -0.4 is 9.31 Å². The summed E-state index contributed by atoms with van der Waals surface area (Å²) in [5.41, 5.74) is -1.34. The second-order valence-electron chi connectivity index (χ2n) is 8.43. The Bertz CT molecular complexity index is 1580. The fourth-order valence-electron chi connectivity index (χ4n) is 3.97. The second-order valence-corrected chi connectivity index (χ2v) is 8.43. The highest BCUT2D eigenvalue weighted by molar-refractivity contribution is 6.52. The number of phenols is 1. The van der Waals surface area contributed by atoms with Crippen LogP contribution in [0.2, 0.25) is 0 Å². The van der Waals surface area contributed by atoms with Crippen molar-refractivity contribution in [2.24, 2.45) is 0 Å². The largest absolute Gasteiger partial charge is 0.617 e. The summed E-state index contributed by atoms with van der Waals surface area (Å²) in [6, 6.07) is 1.61. The van der Waals surface area contributed by atoms with Gasteiger partial charge in [0.05, 0.1) is 0 Å². The summed E-state index contributed by atoms with van der Waals surface area (Å²) in [6.45, 7) is 0. The van der Waals surface area contributed by atoms with E-state index in [0.717, 1.165) is 0 Å². The molecule has 0 saturated carbocycles. The number of aromatic hydroxyl groups is 1. The molecule has 3 aromatic carbocycles. The van der Waals surface area contributed by atoms with Crippen LogP contribution in [-0.2, 0) is 5.31 Å². The van der Waals surface area contributed by atoms with E-state index < -0.39 is 123 Å². The molecular formula is C24H6BF15O3. The Balaban J connectivity index is 2.14. The molecule has 1 aliphatic rings. The molecule has 3 nitrogen and oxygen atoms in total. The van der Waals surface area contributed by atoms with Crippen molar-refractivity contribution in [2.75, 3.05) is 0 Å². The zero-order valence-electron chi connectivity index (χ0n) is 19.9. The summed E-state index contributed by atoms with van der Waals surface area (Å²) in [5, 5.41) is 5.19. The molecule has 4 rings (SSSR count). The van der Waals surface area contributed by atoms with Crippen molar-refractivity contribution in [3.8, 4) is 17.2 Å². The van der Waals surface area contributed by atoms with E-state index in [1.165, 1.54) is 0 Å². The normalized spacial score (nSPS) is 18.8. The van der Waals surface area contributed by atoms with Crippen molar-refractivity contribution < 1.29 is 80.3 Å². The Morgan fingerprint density at radius 1 is 0.535 bits per heavy atom. The molecule has 2 unspecified atom stereocenters. The molecule has 1 aliphatic carbocycles. The molecule has 0 spiro atoms. The second kappa shape index (κ2) is 11.0. The van der Waals surface area contributed by atoms with E-state index in [4.69, 9.17) is 0 Å². The van der Waals surface area contributed by atoms with Crippen LogP contribution in [0.3, 0.4) is 0 Å². The van der Waals surface area contributed by atoms with Gasteiger partial charge in [0.1, 0.15) is 5.75 Å². The molecule has 19 heteroatoms. The van der Waals surface area contributed by atoms with Gasteiger partial charge in [0.25, 0.3) is 0 Å². The molecule has 228 valence electrons. The maximum Gasteiger partial charge on any atom is 0.617 e. The van der Waals surface area contributed by atoms with E-state index in [9.17, 15) is 62.2 Å². The topological polar surface area (TPSA) is 38.7 Å². The first-order valence-electron chi connectivity index (χ1n) is 10.9.